The molecule has 1 unspecified atom stereocenters. The van der Waals surface area contributed by atoms with Gasteiger partial charge in [-0.05, 0) is 37.0 Å². The van der Waals surface area contributed by atoms with E-state index < -0.39 is 5.82 Å². The topological polar surface area (TPSA) is 73.8 Å². The molecule has 3 aromatic rings. The normalized spacial score (nSPS) is 17.3. The molecule has 1 atom stereocenters. The molecule has 0 bridgehead atoms. The van der Waals surface area contributed by atoms with Crippen LogP contribution in [0, 0.1) is 18.7 Å². The molecule has 1 aliphatic rings. The number of nitrogens with zero attached hydrogens (tertiary/aromatic N) is 3. The van der Waals surface area contributed by atoms with Crippen molar-refractivity contribution in [3.05, 3.63) is 47.3 Å². The van der Waals surface area contributed by atoms with Gasteiger partial charge in [0.15, 0.2) is 11.6 Å². The largest absolute Gasteiger partial charge is 0.383 e. The van der Waals surface area contributed by atoms with E-state index >= 15 is 4.39 Å². The molecule has 6 heteroatoms. The van der Waals surface area contributed by atoms with Gasteiger partial charge in [0.1, 0.15) is 17.7 Å². The van der Waals surface area contributed by atoms with Crippen LogP contribution in [0.25, 0.3) is 16.6 Å². The molecule has 0 amide bonds. The second-order valence-electron chi connectivity index (χ2n) is 6.49. The van der Waals surface area contributed by atoms with E-state index in [1.807, 2.05) is 20.0 Å². The first-order valence-electron chi connectivity index (χ1n) is 7.90. The van der Waals surface area contributed by atoms with E-state index in [9.17, 15) is 4.79 Å². The molecule has 0 saturated carbocycles. The highest BCUT2D eigenvalue weighted by Gasteiger charge is 2.29. The van der Waals surface area contributed by atoms with Crippen molar-refractivity contribution in [1.82, 2.24) is 14.5 Å². The Morgan fingerprint density at radius 3 is 2.88 bits per heavy atom. The molecule has 5 nitrogen and oxygen atoms in total. The Hall–Kier alpha value is -2.76. The van der Waals surface area contributed by atoms with Crippen LogP contribution in [0.1, 0.15) is 35.0 Å². The third kappa shape index (κ3) is 2.02. The van der Waals surface area contributed by atoms with Crippen LogP contribution in [0.3, 0.4) is 0 Å². The first-order chi connectivity index (χ1) is 11.5. The first-order valence-corrected chi connectivity index (χ1v) is 7.90. The van der Waals surface area contributed by atoms with Crippen LogP contribution in [0.15, 0.2) is 24.7 Å². The van der Waals surface area contributed by atoms with E-state index in [2.05, 4.69) is 9.97 Å². The third-order valence-electron chi connectivity index (χ3n) is 4.67. The number of aryl methyl sites for hydroxylation is 1. The fraction of sp³-hybridized carbons (Fsp3) is 0.278. The van der Waals surface area contributed by atoms with Crippen molar-refractivity contribution in [2.24, 2.45) is 5.92 Å². The minimum Gasteiger partial charge on any atom is -0.383 e. The summed E-state index contributed by atoms with van der Waals surface area (Å²) in [6, 6.07) is 3.39. The van der Waals surface area contributed by atoms with Crippen LogP contribution in [0.5, 0.6) is 0 Å². The van der Waals surface area contributed by atoms with Crippen molar-refractivity contribution in [3.8, 4) is 5.69 Å². The van der Waals surface area contributed by atoms with Gasteiger partial charge in [-0.2, -0.15) is 0 Å². The number of rotatable bonds is 1. The van der Waals surface area contributed by atoms with Gasteiger partial charge in [-0.25, -0.2) is 14.4 Å². The van der Waals surface area contributed by atoms with Crippen LogP contribution in [0.2, 0.25) is 0 Å². The van der Waals surface area contributed by atoms with Crippen molar-refractivity contribution >= 4 is 22.5 Å². The minimum absolute atomic E-state index is 0.132. The van der Waals surface area contributed by atoms with Gasteiger partial charge in [-0.1, -0.05) is 6.92 Å². The Morgan fingerprint density at radius 1 is 1.29 bits per heavy atom. The molecule has 2 N–H and O–H groups in total. The van der Waals surface area contributed by atoms with Gasteiger partial charge in [0, 0.05) is 29.3 Å². The fourth-order valence-corrected chi connectivity index (χ4v) is 3.59. The maximum atomic E-state index is 15.1. The van der Waals surface area contributed by atoms with Crippen LogP contribution in [0.4, 0.5) is 10.2 Å². The fourth-order valence-electron chi connectivity index (χ4n) is 3.59. The number of benzene rings is 1. The summed E-state index contributed by atoms with van der Waals surface area (Å²) in [5.74, 6) is 0.178. The third-order valence-corrected chi connectivity index (χ3v) is 4.67. The maximum absolute atomic E-state index is 15.1. The number of nitrogens with two attached hydrogens (primary N) is 1. The van der Waals surface area contributed by atoms with Crippen molar-refractivity contribution < 1.29 is 9.18 Å². The molecule has 2 aromatic heterocycles. The van der Waals surface area contributed by atoms with E-state index in [1.54, 1.807) is 16.7 Å². The Bertz CT molecular complexity index is 992. The summed E-state index contributed by atoms with van der Waals surface area (Å²) in [6.07, 6.45) is 4.38. The van der Waals surface area contributed by atoms with Crippen molar-refractivity contribution in [2.75, 3.05) is 5.73 Å². The average Bonchev–Trinajstić information content (AvgIpc) is 2.85. The highest BCUT2D eigenvalue weighted by Crippen LogP contribution is 2.33. The first kappa shape index (κ1) is 14.8. The van der Waals surface area contributed by atoms with Gasteiger partial charge in [0.25, 0.3) is 0 Å². The van der Waals surface area contributed by atoms with E-state index in [0.717, 1.165) is 23.2 Å². The van der Waals surface area contributed by atoms with Crippen molar-refractivity contribution in [2.45, 2.75) is 26.7 Å². The molecule has 4 rings (SSSR count). The molecule has 122 valence electrons. The Morgan fingerprint density at radius 2 is 2.08 bits per heavy atom. The number of anilines is 1. The van der Waals surface area contributed by atoms with E-state index in [4.69, 9.17) is 5.73 Å². The highest BCUT2D eigenvalue weighted by atomic mass is 19.1. The van der Waals surface area contributed by atoms with Gasteiger partial charge in [0.05, 0.1) is 5.69 Å². The van der Waals surface area contributed by atoms with E-state index in [-0.39, 0.29) is 23.0 Å². The summed E-state index contributed by atoms with van der Waals surface area (Å²) < 4.78 is 16.8. The van der Waals surface area contributed by atoms with Crippen molar-refractivity contribution in [1.29, 1.82) is 0 Å². The lowest BCUT2D eigenvalue weighted by Gasteiger charge is -2.21. The summed E-state index contributed by atoms with van der Waals surface area (Å²) in [7, 11) is 0. The van der Waals surface area contributed by atoms with E-state index in [1.165, 1.54) is 6.33 Å². The van der Waals surface area contributed by atoms with Crippen LogP contribution >= 0.6 is 0 Å². The molecule has 1 aromatic carbocycles. The molecule has 0 fully saturated rings. The predicted molar refractivity (Wildman–Crippen MR) is 89.8 cm³/mol. The Kier molecular flexibility index (Phi) is 3.16. The lowest BCUT2D eigenvalue weighted by atomic mass is 9.87. The minimum atomic E-state index is -0.454. The quantitative estimate of drug-likeness (QED) is 0.746. The zero-order valence-electron chi connectivity index (χ0n) is 13.5. The number of aromatic nitrogens is 3. The molecule has 1 aliphatic carbocycles. The second-order valence-corrected chi connectivity index (χ2v) is 6.49. The Labute approximate surface area is 138 Å². The molecule has 0 aliphatic heterocycles. The molecular weight excluding hydrogens is 307 g/mol. The lowest BCUT2D eigenvalue weighted by molar-refractivity contribution is 0.0952. The number of fused-ring (bicyclic) bond motifs is 2. The summed E-state index contributed by atoms with van der Waals surface area (Å²) >= 11 is 0. The van der Waals surface area contributed by atoms with Gasteiger partial charge in [-0.3, -0.25) is 4.79 Å². The predicted octanol–water partition coefficient (Wildman–Crippen LogP) is 3.22. The molecular formula is C18H17FN4O. The van der Waals surface area contributed by atoms with Crippen LogP contribution < -0.4 is 5.73 Å². The molecule has 2 heterocycles. The number of halogens is 1. The number of ketones is 1. The Balaban J connectivity index is 1.98. The number of Topliss-reactive ketones (excluding diaryl/α,β-unsaturated/α-hetero) is 1. The van der Waals surface area contributed by atoms with Crippen LogP contribution in [-0.2, 0) is 6.42 Å². The number of hydrogen-bond donors (Lipinski definition) is 1. The number of hydrogen-bond acceptors (Lipinski definition) is 4. The highest BCUT2D eigenvalue weighted by molar-refractivity contribution is 6.00. The molecule has 0 saturated heterocycles. The van der Waals surface area contributed by atoms with E-state index in [0.29, 0.717) is 17.5 Å². The van der Waals surface area contributed by atoms with Gasteiger partial charge >= 0.3 is 0 Å². The average molecular weight is 324 g/mol. The number of nitrogen functional groups attached to an aromatic ring is 1. The zero-order valence-corrected chi connectivity index (χ0v) is 13.5. The van der Waals surface area contributed by atoms with Gasteiger partial charge in [0.2, 0.25) is 0 Å². The van der Waals surface area contributed by atoms with Crippen molar-refractivity contribution in [3.63, 3.8) is 0 Å². The summed E-state index contributed by atoms with van der Waals surface area (Å²) in [5.41, 5.74) is 8.85. The van der Waals surface area contributed by atoms with Gasteiger partial charge in [-0.15, -0.1) is 0 Å². The van der Waals surface area contributed by atoms with Gasteiger partial charge < -0.3 is 10.3 Å². The summed E-state index contributed by atoms with van der Waals surface area (Å²) in [6.45, 7) is 3.93. The zero-order chi connectivity index (χ0) is 17.0. The molecule has 0 radical (unpaired) electrons. The maximum Gasteiger partial charge on any atom is 0.173 e. The SMILES string of the molecule is Cc1cn(-c2ccc3c(N)ncnc3c2F)c2c1C(=O)CC(C)C2. The second kappa shape index (κ2) is 5.12. The molecule has 24 heavy (non-hydrogen) atoms. The monoisotopic (exact) mass is 324 g/mol. The smallest absolute Gasteiger partial charge is 0.173 e. The molecule has 0 spiro atoms. The number of carbonyl (C=O) groups is 1. The lowest BCUT2D eigenvalue weighted by Crippen LogP contribution is -2.20. The standard InChI is InChI=1S/C18H17FN4O/c1-9-5-13-15(14(24)6-9)10(2)7-23(13)12-4-3-11-17(16(12)19)21-8-22-18(11)20/h3-4,7-9H,5-6H2,1-2H3,(H2,20,21,22). The number of carbonyl (C=O) groups excluding carboxylic acids is 1. The summed E-state index contributed by atoms with van der Waals surface area (Å²) in [4.78, 5) is 20.3. The van der Waals surface area contributed by atoms with Crippen LogP contribution in [-0.4, -0.2) is 20.3 Å². The summed E-state index contributed by atoms with van der Waals surface area (Å²) in [5, 5.41) is 0.487.